The van der Waals surface area contributed by atoms with Crippen molar-refractivity contribution in [2.45, 2.75) is 46.7 Å². The van der Waals surface area contributed by atoms with Gasteiger partial charge in [0.25, 0.3) is 5.91 Å². The summed E-state index contributed by atoms with van der Waals surface area (Å²) < 4.78 is 0. The van der Waals surface area contributed by atoms with Crippen LogP contribution in [0.4, 0.5) is 5.69 Å². The lowest BCUT2D eigenvalue weighted by Gasteiger charge is -2.20. The third-order valence-electron chi connectivity index (χ3n) is 3.89. The Labute approximate surface area is 155 Å². The monoisotopic (exact) mass is 352 g/mol. The Bertz CT molecular complexity index is 819. The van der Waals surface area contributed by atoms with Crippen molar-refractivity contribution < 1.29 is 4.79 Å². The highest BCUT2D eigenvalue weighted by atomic mass is 16.1. The number of benzene rings is 2. The summed E-state index contributed by atoms with van der Waals surface area (Å²) in [5.74, 6) is 0.252. The number of nitrogens with zero attached hydrogens (tertiary/aromatic N) is 1. The van der Waals surface area contributed by atoms with E-state index in [0.29, 0.717) is 18.1 Å². The van der Waals surface area contributed by atoms with Gasteiger partial charge in [-0.25, -0.2) is 4.99 Å². The average Bonchev–Trinajstić information content (AvgIpc) is 2.55. The van der Waals surface area contributed by atoms with Gasteiger partial charge in [0.2, 0.25) is 0 Å². The molecule has 0 bridgehead atoms. The lowest BCUT2D eigenvalue weighted by molar-refractivity contribution is 0.0919. The molecule has 0 spiro atoms. The summed E-state index contributed by atoms with van der Waals surface area (Å²) in [6.45, 7) is 10.4. The third-order valence-corrected chi connectivity index (χ3v) is 3.89. The lowest BCUT2D eigenvalue weighted by Crippen LogP contribution is -2.40. The first kappa shape index (κ1) is 19.5. The van der Waals surface area contributed by atoms with E-state index < -0.39 is 0 Å². The Morgan fingerprint density at radius 3 is 2.46 bits per heavy atom. The van der Waals surface area contributed by atoms with E-state index in [9.17, 15) is 4.79 Å². The first-order chi connectivity index (χ1) is 12.1. The van der Waals surface area contributed by atoms with Gasteiger partial charge in [-0.05, 0) is 75.6 Å². The van der Waals surface area contributed by atoms with Gasteiger partial charge in [-0.15, -0.1) is 0 Å². The molecular weight excluding hydrogens is 324 g/mol. The number of nitrogens with one attached hydrogen (secondary N) is 2. The van der Waals surface area contributed by atoms with E-state index in [4.69, 9.17) is 5.73 Å². The second-order valence-electron chi connectivity index (χ2n) is 7.53. The van der Waals surface area contributed by atoms with Gasteiger partial charge in [0.05, 0.1) is 6.54 Å². The van der Waals surface area contributed by atoms with Gasteiger partial charge >= 0.3 is 0 Å². The molecule has 0 saturated carbocycles. The van der Waals surface area contributed by atoms with Crippen LogP contribution in [0.5, 0.6) is 0 Å². The number of hydrogen-bond acceptors (Lipinski definition) is 2. The highest BCUT2D eigenvalue weighted by Gasteiger charge is 2.15. The van der Waals surface area contributed by atoms with Gasteiger partial charge in [0.15, 0.2) is 5.96 Å². The maximum Gasteiger partial charge on any atom is 0.251 e. The maximum atomic E-state index is 12.3. The summed E-state index contributed by atoms with van der Waals surface area (Å²) in [5, 5.41) is 6.06. The number of carbonyl (C=O) groups is 1. The molecule has 1 amide bonds. The molecule has 0 aromatic heterocycles. The van der Waals surface area contributed by atoms with E-state index in [1.54, 1.807) is 6.07 Å². The first-order valence-corrected chi connectivity index (χ1v) is 8.70. The standard InChI is InChI=1S/C21H28N4O/c1-14-9-10-18(11-15(14)2)24-20(22)23-13-16-7-6-8-17(12-16)19(26)25-21(3,4)5/h6-12H,13H2,1-5H3,(H,25,26)(H3,22,23,24). The summed E-state index contributed by atoms with van der Waals surface area (Å²) in [7, 11) is 0. The number of guanidine groups is 1. The molecule has 0 fully saturated rings. The van der Waals surface area contributed by atoms with Gasteiger partial charge in [0.1, 0.15) is 0 Å². The minimum atomic E-state index is -0.272. The third kappa shape index (κ3) is 5.92. The zero-order valence-corrected chi connectivity index (χ0v) is 16.2. The highest BCUT2D eigenvalue weighted by Crippen LogP contribution is 2.14. The van der Waals surface area contributed by atoms with Crippen LogP contribution < -0.4 is 16.4 Å². The van der Waals surface area contributed by atoms with E-state index in [1.807, 2.05) is 57.2 Å². The molecular formula is C21H28N4O. The fraction of sp³-hybridized carbons (Fsp3) is 0.333. The minimum Gasteiger partial charge on any atom is -0.370 e. The summed E-state index contributed by atoms with van der Waals surface area (Å²) in [6.07, 6.45) is 0. The van der Waals surface area contributed by atoms with Crippen LogP contribution >= 0.6 is 0 Å². The van der Waals surface area contributed by atoms with Crippen molar-refractivity contribution in [3.63, 3.8) is 0 Å². The van der Waals surface area contributed by atoms with Crippen molar-refractivity contribution in [3.8, 4) is 0 Å². The highest BCUT2D eigenvalue weighted by molar-refractivity contribution is 5.95. The van der Waals surface area contributed by atoms with Gasteiger partial charge < -0.3 is 16.4 Å². The lowest BCUT2D eigenvalue weighted by atomic mass is 10.1. The number of aryl methyl sites for hydroxylation is 2. The maximum absolute atomic E-state index is 12.3. The molecule has 4 N–H and O–H groups in total. The number of carbonyl (C=O) groups excluding carboxylic acids is 1. The minimum absolute atomic E-state index is 0.0930. The summed E-state index contributed by atoms with van der Waals surface area (Å²) in [6, 6.07) is 13.5. The molecule has 2 rings (SSSR count). The van der Waals surface area contributed by atoms with Crippen molar-refractivity contribution in [1.29, 1.82) is 0 Å². The molecule has 5 nitrogen and oxygen atoms in total. The molecule has 138 valence electrons. The van der Waals surface area contributed by atoms with Gasteiger partial charge in [-0.1, -0.05) is 18.2 Å². The fourth-order valence-corrected chi connectivity index (χ4v) is 2.41. The topological polar surface area (TPSA) is 79.5 Å². The van der Waals surface area contributed by atoms with Crippen LogP contribution in [0.2, 0.25) is 0 Å². The van der Waals surface area contributed by atoms with Gasteiger partial charge in [0, 0.05) is 16.8 Å². The Balaban J connectivity index is 2.03. The predicted octanol–water partition coefficient (Wildman–Crippen LogP) is 3.76. The second kappa shape index (κ2) is 8.04. The summed E-state index contributed by atoms with van der Waals surface area (Å²) >= 11 is 0. The largest absolute Gasteiger partial charge is 0.370 e. The Morgan fingerprint density at radius 1 is 1.08 bits per heavy atom. The number of aliphatic imine (C=N–C) groups is 1. The molecule has 2 aromatic rings. The predicted molar refractivity (Wildman–Crippen MR) is 109 cm³/mol. The van der Waals surface area contributed by atoms with Gasteiger partial charge in [-0.2, -0.15) is 0 Å². The van der Waals surface area contributed by atoms with Gasteiger partial charge in [-0.3, -0.25) is 4.79 Å². The molecule has 0 aliphatic carbocycles. The molecule has 0 aliphatic rings. The van der Waals surface area contributed by atoms with E-state index in [1.165, 1.54) is 11.1 Å². The van der Waals surface area contributed by atoms with E-state index in [2.05, 4.69) is 29.5 Å². The smallest absolute Gasteiger partial charge is 0.251 e. The van der Waals surface area contributed by atoms with Crippen LogP contribution in [0.15, 0.2) is 47.5 Å². The Hall–Kier alpha value is -2.82. The van der Waals surface area contributed by atoms with Crippen LogP contribution in [-0.2, 0) is 6.54 Å². The number of hydrogen-bond donors (Lipinski definition) is 3. The molecule has 0 saturated heterocycles. The van der Waals surface area contributed by atoms with Crippen LogP contribution in [0.3, 0.4) is 0 Å². The van der Waals surface area contributed by atoms with Crippen LogP contribution in [-0.4, -0.2) is 17.4 Å². The molecule has 0 atom stereocenters. The average molecular weight is 352 g/mol. The van der Waals surface area contributed by atoms with E-state index in [-0.39, 0.29) is 11.4 Å². The number of anilines is 1. The Kier molecular flexibility index (Phi) is 6.03. The van der Waals surface area contributed by atoms with Crippen LogP contribution in [0, 0.1) is 13.8 Å². The van der Waals surface area contributed by atoms with E-state index >= 15 is 0 Å². The number of rotatable bonds is 4. The number of nitrogens with two attached hydrogens (primary N) is 1. The zero-order chi connectivity index (χ0) is 19.3. The molecule has 2 aromatic carbocycles. The van der Waals surface area contributed by atoms with Crippen LogP contribution in [0.25, 0.3) is 0 Å². The molecule has 26 heavy (non-hydrogen) atoms. The first-order valence-electron chi connectivity index (χ1n) is 8.70. The number of amides is 1. The van der Waals surface area contributed by atoms with Crippen molar-refractivity contribution >= 4 is 17.6 Å². The summed E-state index contributed by atoms with van der Waals surface area (Å²) in [5.41, 5.74) is 10.6. The molecule has 0 heterocycles. The molecule has 0 unspecified atom stereocenters. The van der Waals surface area contributed by atoms with Crippen molar-refractivity contribution in [1.82, 2.24) is 5.32 Å². The zero-order valence-electron chi connectivity index (χ0n) is 16.2. The van der Waals surface area contributed by atoms with Crippen molar-refractivity contribution in [2.75, 3.05) is 5.32 Å². The quantitative estimate of drug-likeness (QED) is 0.579. The molecule has 5 heteroatoms. The fourth-order valence-electron chi connectivity index (χ4n) is 2.41. The van der Waals surface area contributed by atoms with E-state index in [0.717, 1.165) is 11.3 Å². The van der Waals surface area contributed by atoms with Crippen LogP contribution in [0.1, 0.15) is 47.8 Å². The SMILES string of the molecule is Cc1ccc(NC(N)=NCc2cccc(C(=O)NC(C)(C)C)c2)cc1C. The summed E-state index contributed by atoms with van der Waals surface area (Å²) in [4.78, 5) is 16.6. The van der Waals surface area contributed by atoms with Crippen molar-refractivity contribution in [2.24, 2.45) is 10.7 Å². The Morgan fingerprint density at radius 2 is 1.81 bits per heavy atom. The molecule has 0 radical (unpaired) electrons. The van der Waals surface area contributed by atoms with Crippen molar-refractivity contribution in [3.05, 3.63) is 64.7 Å². The molecule has 0 aliphatic heterocycles. The normalized spacial score (nSPS) is 12.0. The second-order valence-corrected chi connectivity index (χ2v) is 7.53.